The van der Waals surface area contributed by atoms with Crippen molar-refractivity contribution in [2.75, 3.05) is 19.6 Å². The number of benzene rings is 2. The molecule has 0 radical (unpaired) electrons. The van der Waals surface area contributed by atoms with Crippen molar-refractivity contribution in [3.05, 3.63) is 71.8 Å². The topological polar surface area (TPSA) is 116 Å². The lowest BCUT2D eigenvalue weighted by atomic mass is 10.1. The molecule has 31 heavy (non-hydrogen) atoms. The molecule has 2 aromatic carbocycles. The summed E-state index contributed by atoms with van der Waals surface area (Å²) in [6.45, 7) is 10.3. The van der Waals surface area contributed by atoms with Crippen LogP contribution in [-0.2, 0) is 0 Å². The second kappa shape index (κ2) is 11.7. The number of nitrogens with zero attached hydrogens (tertiary/aromatic N) is 1. The van der Waals surface area contributed by atoms with Crippen molar-refractivity contribution < 1.29 is 4.42 Å². The molecule has 164 valence electrons. The molecule has 0 fully saturated rings. The Morgan fingerprint density at radius 2 is 1.23 bits per heavy atom. The van der Waals surface area contributed by atoms with Crippen molar-refractivity contribution in [3.63, 3.8) is 0 Å². The molecular weight excluding hydrogens is 386 g/mol. The summed E-state index contributed by atoms with van der Waals surface area (Å²) in [5.74, 6) is 1.42. The molecule has 0 aliphatic carbocycles. The molecule has 0 saturated carbocycles. The van der Waals surface area contributed by atoms with Crippen LogP contribution in [0, 0.1) is 10.8 Å². The number of nitrogens with two attached hydrogens (primary N) is 2. The van der Waals surface area contributed by atoms with Crippen LogP contribution in [0.15, 0.2) is 65.1 Å². The van der Waals surface area contributed by atoms with Gasteiger partial charge in [-0.15, -0.1) is 0 Å². The molecule has 0 aliphatic heterocycles. The van der Waals surface area contributed by atoms with Crippen molar-refractivity contribution in [3.8, 4) is 22.6 Å². The van der Waals surface area contributed by atoms with Gasteiger partial charge in [-0.2, -0.15) is 0 Å². The molecule has 1 aromatic heterocycles. The van der Waals surface area contributed by atoms with E-state index in [-0.39, 0.29) is 11.7 Å². The molecular formula is C25H33N5O. The van der Waals surface area contributed by atoms with E-state index in [0.717, 1.165) is 11.1 Å². The highest BCUT2D eigenvalue weighted by Crippen LogP contribution is 2.29. The molecule has 6 heteroatoms. The first-order valence-electron chi connectivity index (χ1n) is 10.6. The molecule has 0 spiro atoms. The van der Waals surface area contributed by atoms with Crippen LogP contribution in [0.5, 0.6) is 0 Å². The fraction of sp³-hybridized carbons (Fsp3) is 0.280. The first-order valence-corrected chi connectivity index (χ1v) is 10.6. The highest BCUT2D eigenvalue weighted by Gasteiger charge is 2.09. The maximum atomic E-state index is 7.51. The Hall–Kier alpha value is -3.38. The molecule has 6 nitrogen and oxygen atoms in total. The van der Waals surface area contributed by atoms with Gasteiger partial charge in [-0.1, -0.05) is 57.2 Å². The third-order valence-electron chi connectivity index (χ3n) is 4.96. The number of nitrogens with one attached hydrogen (secondary N) is 2. The van der Waals surface area contributed by atoms with Gasteiger partial charge in [0, 0.05) is 22.3 Å². The normalized spacial score (nSPS) is 10.5. The average Bonchev–Trinajstić information content (AvgIpc) is 3.28. The predicted molar refractivity (Wildman–Crippen MR) is 130 cm³/mol. The van der Waals surface area contributed by atoms with Gasteiger partial charge < -0.3 is 20.8 Å². The van der Waals surface area contributed by atoms with E-state index in [1.165, 1.54) is 26.1 Å². The Morgan fingerprint density at radius 1 is 0.774 bits per heavy atom. The monoisotopic (exact) mass is 419 g/mol. The summed E-state index contributed by atoms with van der Waals surface area (Å²) in [5, 5.41) is 15.0. The molecule has 0 bridgehead atoms. The summed E-state index contributed by atoms with van der Waals surface area (Å²) in [6, 6.07) is 18.4. The minimum absolute atomic E-state index is 0.0211. The highest BCUT2D eigenvalue weighted by atomic mass is 16.3. The third kappa shape index (κ3) is 6.83. The molecule has 0 unspecified atom stereocenters. The van der Waals surface area contributed by atoms with Gasteiger partial charge in [0.1, 0.15) is 23.2 Å². The van der Waals surface area contributed by atoms with Gasteiger partial charge in [-0.05, 0) is 50.3 Å². The van der Waals surface area contributed by atoms with E-state index >= 15 is 0 Å². The second-order valence-electron chi connectivity index (χ2n) is 7.18. The van der Waals surface area contributed by atoms with Crippen molar-refractivity contribution in [2.24, 2.45) is 11.5 Å². The summed E-state index contributed by atoms with van der Waals surface area (Å²) in [4.78, 5) is 2.43. The van der Waals surface area contributed by atoms with E-state index in [0.29, 0.717) is 22.6 Å². The Bertz CT molecular complexity index is 932. The Morgan fingerprint density at radius 3 is 1.55 bits per heavy atom. The molecule has 3 rings (SSSR count). The first kappa shape index (κ1) is 23.9. The van der Waals surface area contributed by atoms with Gasteiger partial charge in [0.05, 0.1) is 0 Å². The Labute approximate surface area is 184 Å². The van der Waals surface area contributed by atoms with E-state index in [1.54, 1.807) is 12.1 Å². The summed E-state index contributed by atoms with van der Waals surface area (Å²) in [7, 11) is 0. The average molecular weight is 420 g/mol. The predicted octanol–water partition coefficient (Wildman–Crippen LogP) is 4.92. The molecule has 0 amide bonds. The second-order valence-corrected chi connectivity index (χ2v) is 7.18. The molecule has 3 aromatic rings. The number of hydrogen-bond acceptors (Lipinski definition) is 4. The Kier molecular flexibility index (Phi) is 9.03. The number of nitrogen functional groups attached to an aromatic ring is 2. The van der Waals surface area contributed by atoms with Crippen molar-refractivity contribution in [1.82, 2.24) is 4.90 Å². The Balaban J connectivity index is 0.000000366. The summed E-state index contributed by atoms with van der Waals surface area (Å²) < 4.78 is 5.90. The fourth-order valence-electron chi connectivity index (χ4n) is 3.18. The largest absolute Gasteiger partial charge is 0.456 e. The van der Waals surface area contributed by atoms with E-state index in [2.05, 4.69) is 25.7 Å². The van der Waals surface area contributed by atoms with Gasteiger partial charge in [-0.3, -0.25) is 10.8 Å². The zero-order chi connectivity index (χ0) is 22.8. The highest BCUT2D eigenvalue weighted by molar-refractivity contribution is 5.96. The maximum absolute atomic E-state index is 7.51. The summed E-state index contributed by atoms with van der Waals surface area (Å²) in [6.07, 6.45) is 1.28. The van der Waals surface area contributed by atoms with Crippen LogP contribution >= 0.6 is 0 Å². The number of hydrogen-bond donors (Lipinski definition) is 4. The SMILES string of the molecule is CCCN(CC)CC.N=C(N)c1cccc(-c2ccc(-c3cccc(C(=N)N)c3)o2)c1. The molecule has 0 aliphatic rings. The van der Waals surface area contributed by atoms with E-state index in [4.69, 9.17) is 26.7 Å². The lowest BCUT2D eigenvalue weighted by Gasteiger charge is -2.15. The van der Waals surface area contributed by atoms with Crippen molar-refractivity contribution >= 4 is 11.7 Å². The van der Waals surface area contributed by atoms with Crippen LogP contribution in [0.1, 0.15) is 38.3 Å². The first-order chi connectivity index (χ1) is 14.9. The van der Waals surface area contributed by atoms with E-state index < -0.39 is 0 Å². The zero-order valence-corrected chi connectivity index (χ0v) is 18.6. The lowest BCUT2D eigenvalue weighted by Crippen LogP contribution is -2.23. The number of rotatable bonds is 8. The van der Waals surface area contributed by atoms with Crippen LogP contribution in [0.3, 0.4) is 0 Å². The van der Waals surface area contributed by atoms with Crippen LogP contribution in [0.2, 0.25) is 0 Å². The van der Waals surface area contributed by atoms with Crippen molar-refractivity contribution in [1.29, 1.82) is 10.8 Å². The smallest absolute Gasteiger partial charge is 0.134 e. The van der Waals surface area contributed by atoms with E-state index in [9.17, 15) is 0 Å². The van der Waals surface area contributed by atoms with Gasteiger partial charge >= 0.3 is 0 Å². The van der Waals surface area contributed by atoms with Gasteiger partial charge in [0.2, 0.25) is 0 Å². The van der Waals surface area contributed by atoms with E-state index in [1.807, 2.05) is 48.5 Å². The lowest BCUT2D eigenvalue weighted by molar-refractivity contribution is 0.304. The van der Waals surface area contributed by atoms with Gasteiger partial charge in [0.25, 0.3) is 0 Å². The van der Waals surface area contributed by atoms with Crippen LogP contribution in [-0.4, -0.2) is 36.2 Å². The quantitative estimate of drug-likeness (QED) is 0.306. The number of amidine groups is 2. The van der Waals surface area contributed by atoms with Crippen molar-refractivity contribution in [2.45, 2.75) is 27.2 Å². The minimum atomic E-state index is 0.0211. The fourth-order valence-corrected chi connectivity index (χ4v) is 3.18. The standard InChI is InChI=1S/C18H16N4O.C7H17N/c19-17(20)13-5-1-3-11(9-13)15-7-8-16(23-15)12-4-2-6-14(10-12)18(21)22;1-4-7-8(5-2)6-3/h1-10H,(H3,19,20)(H3,21,22);4-7H2,1-3H3. The van der Waals surface area contributed by atoms with Gasteiger partial charge in [0.15, 0.2) is 0 Å². The van der Waals surface area contributed by atoms with Crippen LogP contribution in [0.25, 0.3) is 22.6 Å². The van der Waals surface area contributed by atoms with Gasteiger partial charge in [-0.25, -0.2) is 0 Å². The molecule has 1 heterocycles. The summed E-state index contributed by atoms with van der Waals surface area (Å²) >= 11 is 0. The maximum Gasteiger partial charge on any atom is 0.134 e. The molecule has 6 N–H and O–H groups in total. The molecule has 0 saturated heterocycles. The summed E-state index contributed by atoms with van der Waals surface area (Å²) in [5.41, 5.74) is 14.1. The number of furan rings is 1. The van der Waals surface area contributed by atoms with Crippen LogP contribution < -0.4 is 11.5 Å². The third-order valence-corrected chi connectivity index (χ3v) is 4.96. The molecule has 0 atom stereocenters. The zero-order valence-electron chi connectivity index (χ0n) is 18.6. The van der Waals surface area contributed by atoms with Crippen LogP contribution in [0.4, 0.5) is 0 Å². The minimum Gasteiger partial charge on any atom is -0.456 e.